The molecule has 7 heteroatoms. The van der Waals surface area contributed by atoms with Crippen LogP contribution in [0.2, 0.25) is 0 Å². The van der Waals surface area contributed by atoms with Gasteiger partial charge in [0.15, 0.2) is 0 Å². The minimum atomic E-state index is -3.01. The topological polar surface area (TPSA) is 71.2 Å². The predicted molar refractivity (Wildman–Crippen MR) is 85.6 cm³/mol. The number of aromatic nitrogens is 1. The number of hydrogen-bond acceptors (Lipinski definition) is 3. The molecule has 0 unspecified atom stereocenters. The van der Waals surface area contributed by atoms with Crippen molar-refractivity contribution in [3.05, 3.63) is 70.5 Å². The van der Waals surface area contributed by atoms with E-state index in [1.54, 1.807) is 30.3 Å². The Balaban J connectivity index is 1.99. The standard InChI is InChI=1S/C17H12F2N2O3/c18-17(19)24-14-8-4-3-7-13(14)21-16(23)11-9-15(22)20-12-6-2-1-5-10(11)12/h1-9,17H,(H,20,22)(H,21,23). The van der Waals surface area contributed by atoms with Crippen LogP contribution in [0.5, 0.6) is 5.75 Å². The minimum Gasteiger partial charge on any atom is -0.433 e. The maximum Gasteiger partial charge on any atom is 0.387 e. The zero-order chi connectivity index (χ0) is 17.1. The number of benzene rings is 2. The Labute approximate surface area is 134 Å². The smallest absolute Gasteiger partial charge is 0.387 e. The molecule has 24 heavy (non-hydrogen) atoms. The molecule has 122 valence electrons. The second kappa shape index (κ2) is 6.49. The van der Waals surface area contributed by atoms with Gasteiger partial charge in [-0.3, -0.25) is 9.59 Å². The van der Waals surface area contributed by atoms with Crippen molar-refractivity contribution in [2.75, 3.05) is 5.32 Å². The largest absolute Gasteiger partial charge is 0.433 e. The molecular formula is C17H12F2N2O3. The molecule has 2 N–H and O–H groups in total. The maximum absolute atomic E-state index is 12.5. The second-order valence-electron chi connectivity index (χ2n) is 4.92. The van der Waals surface area contributed by atoms with E-state index < -0.39 is 18.1 Å². The van der Waals surface area contributed by atoms with Crippen LogP contribution in [-0.2, 0) is 0 Å². The minimum absolute atomic E-state index is 0.0900. The van der Waals surface area contributed by atoms with E-state index in [0.717, 1.165) is 6.07 Å². The quantitative estimate of drug-likeness (QED) is 0.770. The molecule has 0 atom stereocenters. The van der Waals surface area contributed by atoms with Crippen LogP contribution >= 0.6 is 0 Å². The number of halogens is 2. The fourth-order valence-electron chi connectivity index (χ4n) is 2.35. The van der Waals surface area contributed by atoms with Crippen molar-refractivity contribution < 1.29 is 18.3 Å². The lowest BCUT2D eigenvalue weighted by atomic mass is 10.1. The van der Waals surface area contributed by atoms with Gasteiger partial charge < -0.3 is 15.0 Å². The number of aromatic amines is 1. The monoisotopic (exact) mass is 330 g/mol. The zero-order valence-corrected chi connectivity index (χ0v) is 12.3. The molecule has 0 spiro atoms. The van der Waals surface area contributed by atoms with Crippen LogP contribution in [0.15, 0.2) is 59.4 Å². The highest BCUT2D eigenvalue weighted by molar-refractivity contribution is 6.12. The van der Waals surface area contributed by atoms with Gasteiger partial charge in [0.2, 0.25) is 5.56 Å². The van der Waals surface area contributed by atoms with E-state index in [9.17, 15) is 18.4 Å². The van der Waals surface area contributed by atoms with Crippen LogP contribution in [0, 0.1) is 0 Å². The van der Waals surface area contributed by atoms with Gasteiger partial charge in [0.05, 0.1) is 11.3 Å². The summed E-state index contributed by atoms with van der Waals surface area (Å²) < 4.78 is 29.3. The second-order valence-corrected chi connectivity index (χ2v) is 4.92. The molecule has 3 rings (SSSR count). The third-order valence-corrected chi connectivity index (χ3v) is 3.35. The van der Waals surface area contributed by atoms with Crippen molar-refractivity contribution in [3.63, 3.8) is 0 Å². The summed E-state index contributed by atoms with van der Waals surface area (Å²) in [6.07, 6.45) is 0. The molecule has 1 heterocycles. The normalized spacial score (nSPS) is 10.8. The fourth-order valence-corrected chi connectivity index (χ4v) is 2.35. The SMILES string of the molecule is O=C(Nc1ccccc1OC(F)F)c1cc(=O)[nH]c2ccccc12. The summed E-state index contributed by atoms with van der Waals surface area (Å²) >= 11 is 0. The molecule has 0 fully saturated rings. The first-order chi connectivity index (χ1) is 11.5. The van der Waals surface area contributed by atoms with Crippen LogP contribution < -0.4 is 15.6 Å². The van der Waals surface area contributed by atoms with E-state index in [-0.39, 0.29) is 17.0 Å². The third-order valence-electron chi connectivity index (χ3n) is 3.35. The van der Waals surface area contributed by atoms with Gasteiger partial charge in [0, 0.05) is 17.0 Å². The highest BCUT2D eigenvalue weighted by Crippen LogP contribution is 2.26. The van der Waals surface area contributed by atoms with Gasteiger partial charge >= 0.3 is 6.61 Å². The van der Waals surface area contributed by atoms with Gasteiger partial charge in [-0.15, -0.1) is 0 Å². The van der Waals surface area contributed by atoms with E-state index in [1.807, 2.05) is 0 Å². The number of rotatable bonds is 4. The highest BCUT2D eigenvalue weighted by Gasteiger charge is 2.15. The average Bonchev–Trinajstić information content (AvgIpc) is 2.55. The lowest BCUT2D eigenvalue weighted by Crippen LogP contribution is -2.17. The molecular weight excluding hydrogens is 318 g/mol. The van der Waals surface area contributed by atoms with Crippen LogP contribution in [0.25, 0.3) is 10.9 Å². The van der Waals surface area contributed by atoms with Crippen molar-refractivity contribution in [3.8, 4) is 5.75 Å². The predicted octanol–water partition coefficient (Wildman–Crippen LogP) is 3.38. The first-order valence-electron chi connectivity index (χ1n) is 7.02. The van der Waals surface area contributed by atoms with Crippen molar-refractivity contribution in [1.29, 1.82) is 0 Å². The first kappa shape index (κ1) is 15.7. The highest BCUT2D eigenvalue weighted by atomic mass is 19.3. The van der Waals surface area contributed by atoms with Gasteiger partial charge in [0.25, 0.3) is 5.91 Å². The molecule has 0 bridgehead atoms. The average molecular weight is 330 g/mol. The number of carbonyl (C=O) groups excluding carboxylic acids is 1. The summed E-state index contributed by atoms with van der Waals surface area (Å²) in [7, 11) is 0. The number of alkyl halides is 2. The molecule has 0 saturated carbocycles. The molecule has 1 aromatic heterocycles. The number of amides is 1. The number of carbonyl (C=O) groups is 1. The number of ether oxygens (including phenoxy) is 1. The molecule has 0 saturated heterocycles. The van der Waals surface area contributed by atoms with Gasteiger partial charge in [-0.2, -0.15) is 8.78 Å². The van der Waals surface area contributed by atoms with E-state index in [1.165, 1.54) is 18.2 Å². The number of nitrogens with one attached hydrogen (secondary N) is 2. The Bertz CT molecular complexity index is 954. The molecule has 5 nitrogen and oxygen atoms in total. The van der Waals surface area contributed by atoms with Crippen LogP contribution in [-0.4, -0.2) is 17.5 Å². The number of pyridine rings is 1. The van der Waals surface area contributed by atoms with Crippen molar-refractivity contribution in [2.24, 2.45) is 0 Å². The summed E-state index contributed by atoms with van der Waals surface area (Å²) in [5, 5.41) is 3.04. The van der Waals surface area contributed by atoms with Crippen molar-refractivity contribution in [2.45, 2.75) is 6.61 Å². The zero-order valence-electron chi connectivity index (χ0n) is 12.3. The Morgan fingerprint density at radius 1 is 1.08 bits per heavy atom. The summed E-state index contributed by atoms with van der Waals surface area (Å²) in [6.45, 7) is -3.01. The number of para-hydroxylation sites is 3. The molecule has 2 aromatic carbocycles. The first-order valence-corrected chi connectivity index (χ1v) is 7.02. The van der Waals surface area contributed by atoms with Gasteiger partial charge in [-0.05, 0) is 18.2 Å². The summed E-state index contributed by atoms with van der Waals surface area (Å²) in [6, 6.07) is 13.8. The summed E-state index contributed by atoms with van der Waals surface area (Å²) in [5.74, 6) is -0.752. The molecule has 3 aromatic rings. The van der Waals surface area contributed by atoms with Gasteiger partial charge in [-0.25, -0.2) is 0 Å². The molecule has 0 aliphatic heterocycles. The number of anilines is 1. The lowest BCUT2D eigenvalue weighted by Gasteiger charge is -2.12. The fraction of sp³-hybridized carbons (Fsp3) is 0.0588. The van der Waals surface area contributed by atoms with E-state index in [2.05, 4.69) is 15.0 Å². The number of H-pyrrole nitrogens is 1. The molecule has 1 amide bonds. The van der Waals surface area contributed by atoms with Crippen LogP contribution in [0.3, 0.4) is 0 Å². The van der Waals surface area contributed by atoms with E-state index >= 15 is 0 Å². The maximum atomic E-state index is 12.5. The van der Waals surface area contributed by atoms with Crippen LogP contribution in [0.4, 0.5) is 14.5 Å². The van der Waals surface area contributed by atoms with E-state index in [0.29, 0.717) is 10.9 Å². The molecule has 0 aliphatic rings. The van der Waals surface area contributed by atoms with Crippen molar-refractivity contribution in [1.82, 2.24) is 4.98 Å². The Morgan fingerprint density at radius 3 is 2.58 bits per heavy atom. The Hall–Kier alpha value is -3.22. The molecule has 0 radical (unpaired) electrons. The van der Waals surface area contributed by atoms with Crippen LogP contribution in [0.1, 0.15) is 10.4 Å². The third kappa shape index (κ3) is 3.24. The summed E-state index contributed by atoms with van der Waals surface area (Å²) in [5.41, 5.74) is 0.302. The number of fused-ring (bicyclic) bond motifs is 1. The van der Waals surface area contributed by atoms with E-state index in [4.69, 9.17) is 0 Å². The summed E-state index contributed by atoms with van der Waals surface area (Å²) in [4.78, 5) is 26.9. The Morgan fingerprint density at radius 2 is 1.79 bits per heavy atom. The van der Waals surface area contributed by atoms with Crippen molar-refractivity contribution >= 4 is 22.5 Å². The lowest BCUT2D eigenvalue weighted by molar-refractivity contribution is -0.0493. The Kier molecular flexibility index (Phi) is 4.24. The number of hydrogen-bond donors (Lipinski definition) is 2. The molecule has 0 aliphatic carbocycles. The van der Waals surface area contributed by atoms with Gasteiger partial charge in [0.1, 0.15) is 5.75 Å². The van der Waals surface area contributed by atoms with Gasteiger partial charge in [-0.1, -0.05) is 30.3 Å².